The molecule has 0 aromatic heterocycles. The molecule has 0 aliphatic carbocycles. The number of quaternary nitrogens is 1. The Balaban J connectivity index is 1.96. The summed E-state index contributed by atoms with van der Waals surface area (Å²) < 4.78 is 0. The van der Waals surface area contributed by atoms with Gasteiger partial charge in [-0.1, -0.05) is 59.7 Å². The van der Waals surface area contributed by atoms with Crippen LogP contribution in [0.25, 0.3) is 12.2 Å². The fourth-order valence-electron chi connectivity index (χ4n) is 3.37. The van der Waals surface area contributed by atoms with Crippen molar-refractivity contribution < 1.29 is 9.69 Å². The molecule has 2 heteroatoms. The molecule has 128 valence electrons. The molecular formula is C23H26NO+. The van der Waals surface area contributed by atoms with Crippen LogP contribution in [0.1, 0.15) is 29.2 Å². The van der Waals surface area contributed by atoms with Crippen molar-refractivity contribution in [3.8, 4) is 0 Å². The number of ketones is 1. The van der Waals surface area contributed by atoms with Gasteiger partial charge >= 0.3 is 0 Å². The van der Waals surface area contributed by atoms with Gasteiger partial charge in [0.05, 0.1) is 17.7 Å². The first-order valence-corrected chi connectivity index (χ1v) is 8.98. The number of hydrogen-bond acceptors (Lipinski definition) is 1. The largest absolute Gasteiger partial charge is 0.327 e. The fourth-order valence-corrected chi connectivity index (χ4v) is 3.37. The van der Waals surface area contributed by atoms with Crippen molar-refractivity contribution in [3.05, 3.63) is 81.9 Å². The van der Waals surface area contributed by atoms with Crippen molar-refractivity contribution in [2.24, 2.45) is 0 Å². The minimum Gasteiger partial charge on any atom is -0.327 e. The van der Waals surface area contributed by atoms with E-state index in [1.807, 2.05) is 12.1 Å². The highest BCUT2D eigenvalue weighted by Gasteiger charge is 2.28. The lowest BCUT2D eigenvalue weighted by atomic mass is 9.94. The predicted octanol–water partition coefficient (Wildman–Crippen LogP) is 3.26. The number of hydrogen-bond donors (Lipinski definition) is 1. The van der Waals surface area contributed by atoms with E-state index in [0.29, 0.717) is 0 Å². The standard InChI is InChI=1S/C23H25NO/c1-4-24-15-21(13-19-9-5-7-17(2)11-19)23(25)22(16-24)14-20-10-6-8-18(3)12-20/h5-14H,4,15-16H2,1-3H3/p+1/b21-13-,22-14+. The van der Waals surface area contributed by atoms with E-state index in [1.54, 1.807) is 0 Å². The highest BCUT2D eigenvalue weighted by Crippen LogP contribution is 2.17. The second-order valence-electron chi connectivity index (χ2n) is 6.95. The van der Waals surface area contributed by atoms with Crippen molar-refractivity contribution >= 4 is 17.9 Å². The zero-order valence-corrected chi connectivity index (χ0v) is 15.3. The van der Waals surface area contributed by atoms with Gasteiger partial charge in [0.2, 0.25) is 0 Å². The SMILES string of the molecule is CC[NH+]1C/C(=C/c2cccc(C)c2)C(=O)/C(=C/c2cccc(C)c2)C1. The molecule has 0 saturated carbocycles. The third kappa shape index (κ3) is 4.34. The lowest BCUT2D eigenvalue weighted by Crippen LogP contribution is -3.13. The quantitative estimate of drug-likeness (QED) is 0.856. The molecule has 0 spiro atoms. The number of likely N-dealkylation sites (N-methyl/N-ethyl adjacent to an activating group) is 1. The highest BCUT2D eigenvalue weighted by molar-refractivity contribution is 6.14. The summed E-state index contributed by atoms with van der Waals surface area (Å²) in [5.41, 5.74) is 6.46. The highest BCUT2D eigenvalue weighted by atomic mass is 16.1. The molecule has 0 amide bonds. The summed E-state index contributed by atoms with van der Waals surface area (Å²) in [5.74, 6) is 0.195. The van der Waals surface area contributed by atoms with E-state index in [4.69, 9.17) is 0 Å². The van der Waals surface area contributed by atoms with Gasteiger partial charge in [0.15, 0.2) is 5.78 Å². The van der Waals surface area contributed by atoms with Gasteiger partial charge in [0, 0.05) is 0 Å². The maximum Gasteiger partial charge on any atom is 0.196 e. The first kappa shape index (κ1) is 17.4. The van der Waals surface area contributed by atoms with E-state index in [2.05, 4.69) is 69.3 Å². The van der Waals surface area contributed by atoms with Gasteiger partial charge in [0.25, 0.3) is 0 Å². The van der Waals surface area contributed by atoms with Crippen LogP contribution in [-0.4, -0.2) is 25.4 Å². The minimum atomic E-state index is 0.195. The second kappa shape index (κ2) is 7.62. The lowest BCUT2D eigenvalue weighted by Gasteiger charge is -2.25. The molecule has 1 atom stereocenters. The Morgan fingerprint density at radius 3 is 1.76 bits per heavy atom. The van der Waals surface area contributed by atoms with Crippen molar-refractivity contribution in [2.45, 2.75) is 20.8 Å². The first-order chi connectivity index (χ1) is 12.0. The molecule has 0 radical (unpaired) electrons. The van der Waals surface area contributed by atoms with E-state index < -0.39 is 0 Å². The Bertz CT molecular complexity index is 777. The van der Waals surface area contributed by atoms with Gasteiger partial charge in [-0.05, 0) is 44.1 Å². The molecule has 0 bridgehead atoms. The van der Waals surface area contributed by atoms with Crippen LogP contribution in [0.15, 0.2) is 59.7 Å². The molecular weight excluding hydrogens is 306 g/mol. The molecule has 25 heavy (non-hydrogen) atoms. The second-order valence-corrected chi connectivity index (χ2v) is 6.95. The fraction of sp³-hybridized carbons (Fsp3) is 0.261. The number of piperidine rings is 1. The van der Waals surface area contributed by atoms with Gasteiger partial charge in [-0.3, -0.25) is 4.79 Å². The van der Waals surface area contributed by atoms with E-state index in [1.165, 1.54) is 16.0 Å². The van der Waals surface area contributed by atoms with Crippen LogP contribution in [-0.2, 0) is 4.79 Å². The van der Waals surface area contributed by atoms with Crippen LogP contribution in [0.2, 0.25) is 0 Å². The molecule has 1 saturated heterocycles. The summed E-state index contributed by atoms with van der Waals surface area (Å²) in [6.07, 6.45) is 4.13. The Morgan fingerprint density at radius 1 is 0.880 bits per heavy atom. The van der Waals surface area contributed by atoms with E-state index in [9.17, 15) is 4.79 Å². The number of carbonyl (C=O) groups excluding carboxylic acids is 1. The summed E-state index contributed by atoms with van der Waals surface area (Å²) in [4.78, 5) is 14.4. The normalized spacial score (nSPS) is 21.1. The number of likely N-dealkylation sites (tertiary alicyclic amines) is 1. The topological polar surface area (TPSA) is 21.5 Å². The van der Waals surface area contributed by atoms with Crippen LogP contribution in [0.4, 0.5) is 0 Å². The zero-order valence-electron chi connectivity index (χ0n) is 15.3. The first-order valence-electron chi connectivity index (χ1n) is 8.98. The maximum absolute atomic E-state index is 13.0. The molecule has 1 N–H and O–H groups in total. The predicted molar refractivity (Wildman–Crippen MR) is 105 cm³/mol. The number of benzene rings is 2. The van der Waals surface area contributed by atoms with Crippen LogP contribution in [0.5, 0.6) is 0 Å². The Hall–Kier alpha value is -2.45. The summed E-state index contributed by atoms with van der Waals surface area (Å²) in [7, 11) is 0. The van der Waals surface area contributed by atoms with Crippen LogP contribution in [0, 0.1) is 13.8 Å². The van der Waals surface area contributed by atoms with Gasteiger partial charge in [-0.25, -0.2) is 0 Å². The zero-order chi connectivity index (χ0) is 17.8. The van der Waals surface area contributed by atoms with Crippen molar-refractivity contribution in [2.75, 3.05) is 19.6 Å². The van der Waals surface area contributed by atoms with E-state index >= 15 is 0 Å². The summed E-state index contributed by atoms with van der Waals surface area (Å²) in [6.45, 7) is 8.96. The smallest absolute Gasteiger partial charge is 0.196 e. The number of nitrogens with one attached hydrogen (secondary N) is 1. The van der Waals surface area contributed by atoms with Gasteiger partial charge in [0.1, 0.15) is 13.1 Å². The van der Waals surface area contributed by atoms with Crippen molar-refractivity contribution in [1.29, 1.82) is 0 Å². The van der Waals surface area contributed by atoms with E-state index in [-0.39, 0.29) is 5.78 Å². The van der Waals surface area contributed by atoms with Gasteiger partial charge in [-0.15, -0.1) is 0 Å². The third-order valence-electron chi connectivity index (χ3n) is 4.73. The molecule has 1 aliphatic rings. The number of carbonyl (C=O) groups is 1. The van der Waals surface area contributed by atoms with Gasteiger partial charge in [-0.2, -0.15) is 0 Å². The average Bonchev–Trinajstić information content (AvgIpc) is 2.58. The Kier molecular flexibility index (Phi) is 5.30. The molecule has 1 fully saturated rings. The van der Waals surface area contributed by atoms with E-state index in [0.717, 1.165) is 41.9 Å². The number of Topliss-reactive ketones (excluding diaryl/α,β-unsaturated/α-hetero) is 1. The molecule has 2 aromatic carbocycles. The Labute approximate surface area is 150 Å². The van der Waals surface area contributed by atoms with Crippen LogP contribution >= 0.6 is 0 Å². The Morgan fingerprint density at radius 2 is 1.36 bits per heavy atom. The van der Waals surface area contributed by atoms with Crippen LogP contribution < -0.4 is 4.90 Å². The van der Waals surface area contributed by atoms with Gasteiger partial charge < -0.3 is 4.90 Å². The summed E-state index contributed by atoms with van der Waals surface area (Å²) >= 11 is 0. The maximum atomic E-state index is 13.0. The summed E-state index contributed by atoms with van der Waals surface area (Å²) in [6, 6.07) is 16.6. The molecule has 2 nitrogen and oxygen atoms in total. The third-order valence-corrected chi connectivity index (χ3v) is 4.73. The average molecular weight is 332 g/mol. The minimum absolute atomic E-state index is 0.195. The monoisotopic (exact) mass is 332 g/mol. The summed E-state index contributed by atoms with van der Waals surface area (Å²) in [5, 5.41) is 0. The van der Waals surface area contributed by atoms with Crippen molar-refractivity contribution in [3.63, 3.8) is 0 Å². The number of rotatable bonds is 3. The van der Waals surface area contributed by atoms with Crippen LogP contribution in [0.3, 0.4) is 0 Å². The molecule has 3 rings (SSSR count). The number of aryl methyl sites for hydroxylation is 2. The van der Waals surface area contributed by atoms with Crippen molar-refractivity contribution in [1.82, 2.24) is 0 Å². The molecule has 1 unspecified atom stereocenters. The molecule has 1 aliphatic heterocycles. The molecule has 2 aromatic rings. The molecule has 1 heterocycles. The lowest BCUT2D eigenvalue weighted by molar-refractivity contribution is -0.889.